The van der Waals surface area contributed by atoms with E-state index in [1.54, 1.807) is 32.9 Å². The first-order valence-electron chi connectivity index (χ1n) is 14.7. The average molecular weight is 607 g/mol. The number of nitrogens with one attached hydrogen (secondary N) is 1. The molecule has 0 fully saturated rings. The van der Waals surface area contributed by atoms with Gasteiger partial charge < -0.3 is 29.5 Å². The van der Waals surface area contributed by atoms with Crippen LogP contribution in [-0.4, -0.2) is 53.1 Å². The van der Waals surface area contributed by atoms with Gasteiger partial charge in [-0.2, -0.15) is 0 Å². The van der Waals surface area contributed by atoms with Gasteiger partial charge in [0.1, 0.15) is 30.4 Å². The minimum atomic E-state index is -1.28. The van der Waals surface area contributed by atoms with E-state index in [2.05, 4.69) is 11.9 Å². The number of carbonyl (C=O) groups is 2. The van der Waals surface area contributed by atoms with Crippen LogP contribution in [0.15, 0.2) is 85.5 Å². The van der Waals surface area contributed by atoms with Crippen LogP contribution >= 0.6 is 0 Å². The van der Waals surface area contributed by atoms with Gasteiger partial charge in [0.2, 0.25) is 0 Å². The molecule has 2 unspecified atom stereocenters. The van der Waals surface area contributed by atoms with E-state index in [1.165, 1.54) is 17.0 Å². The highest BCUT2D eigenvalue weighted by Gasteiger charge is 2.29. The first kappa shape index (κ1) is 34.1. The van der Waals surface area contributed by atoms with Gasteiger partial charge in [-0.15, -0.1) is 0 Å². The van der Waals surface area contributed by atoms with Crippen molar-refractivity contribution in [3.05, 3.63) is 114 Å². The number of ether oxygens (including phenoxy) is 3. The minimum absolute atomic E-state index is 0.0286. The maximum absolute atomic E-state index is 14.5. The topological polar surface area (TPSA) is 97.3 Å². The van der Waals surface area contributed by atoms with Gasteiger partial charge in [0, 0.05) is 12.6 Å². The lowest BCUT2D eigenvalue weighted by atomic mass is 10.00. The van der Waals surface area contributed by atoms with Gasteiger partial charge >= 0.3 is 12.2 Å². The molecule has 3 aromatic rings. The maximum Gasteiger partial charge on any atom is 0.410 e. The van der Waals surface area contributed by atoms with Crippen LogP contribution in [0.25, 0.3) is 0 Å². The largest absolute Gasteiger partial charge is 0.489 e. The van der Waals surface area contributed by atoms with E-state index >= 15 is 0 Å². The Labute approximate surface area is 259 Å². The number of halogens is 1. The summed E-state index contributed by atoms with van der Waals surface area (Å²) >= 11 is 0. The van der Waals surface area contributed by atoms with Crippen molar-refractivity contribution in [1.82, 2.24) is 10.2 Å². The van der Waals surface area contributed by atoms with Gasteiger partial charge in [0.25, 0.3) is 0 Å². The Morgan fingerprint density at radius 1 is 1.00 bits per heavy atom. The number of carbonyl (C=O) groups excluding carboxylic acids is 2. The summed E-state index contributed by atoms with van der Waals surface area (Å²) in [6.07, 6.45) is -0.263. The van der Waals surface area contributed by atoms with Gasteiger partial charge in [-0.25, -0.2) is 14.0 Å². The fraction of sp³-hybridized carbons (Fsp3) is 0.371. The van der Waals surface area contributed by atoms with Crippen molar-refractivity contribution in [3.63, 3.8) is 0 Å². The highest BCUT2D eigenvalue weighted by atomic mass is 19.1. The predicted molar refractivity (Wildman–Crippen MR) is 168 cm³/mol. The lowest BCUT2D eigenvalue weighted by Gasteiger charge is -2.31. The number of aryl methyl sites for hydroxylation is 1. The molecule has 44 heavy (non-hydrogen) atoms. The monoisotopic (exact) mass is 606 g/mol. The van der Waals surface area contributed by atoms with Crippen molar-refractivity contribution in [1.29, 1.82) is 0 Å². The molecule has 0 bridgehead atoms. The van der Waals surface area contributed by atoms with Crippen LogP contribution in [0.1, 0.15) is 49.9 Å². The molecule has 9 heteroatoms. The smallest absolute Gasteiger partial charge is 0.410 e. The zero-order valence-electron chi connectivity index (χ0n) is 25.9. The average Bonchev–Trinajstić information content (AvgIpc) is 2.97. The number of hydrogen-bond acceptors (Lipinski definition) is 6. The normalized spacial score (nSPS) is 12.5. The van der Waals surface area contributed by atoms with Crippen LogP contribution in [-0.2, 0) is 35.5 Å². The summed E-state index contributed by atoms with van der Waals surface area (Å²) in [7, 11) is 0. The molecular weight excluding hydrogens is 563 g/mol. The molecule has 2 amide bonds. The predicted octanol–water partition coefficient (Wildman–Crippen LogP) is 6.59. The second-order valence-corrected chi connectivity index (χ2v) is 11.5. The number of amides is 2. The number of hydrogen-bond donors (Lipinski definition) is 2. The molecule has 0 radical (unpaired) electrons. The highest BCUT2D eigenvalue weighted by Crippen LogP contribution is 2.20. The Balaban J connectivity index is 1.87. The first-order valence-corrected chi connectivity index (χ1v) is 14.7. The lowest BCUT2D eigenvalue weighted by Crippen LogP contribution is -2.51. The van der Waals surface area contributed by atoms with Crippen molar-refractivity contribution in [2.45, 2.75) is 71.4 Å². The molecule has 8 nitrogen and oxygen atoms in total. The van der Waals surface area contributed by atoms with Gasteiger partial charge in [-0.1, -0.05) is 74.2 Å². The molecule has 0 spiro atoms. The lowest BCUT2D eigenvalue weighted by molar-refractivity contribution is 0.0327. The molecule has 0 aliphatic heterocycles. The van der Waals surface area contributed by atoms with E-state index in [-0.39, 0.29) is 38.5 Å². The molecule has 0 aliphatic rings. The van der Waals surface area contributed by atoms with Crippen LogP contribution in [0.4, 0.5) is 14.0 Å². The number of aliphatic hydroxyl groups is 1. The quantitative estimate of drug-likeness (QED) is 0.201. The Morgan fingerprint density at radius 2 is 1.70 bits per heavy atom. The molecule has 0 heterocycles. The van der Waals surface area contributed by atoms with Crippen LogP contribution in [0.5, 0.6) is 5.75 Å². The molecule has 3 aromatic carbocycles. The van der Waals surface area contributed by atoms with E-state index in [1.807, 2.05) is 61.5 Å². The first-order chi connectivity index (χ1) is 21.0. The fourth-order valence-corrected chi connectivity index (χ4v) is 4.51. The third-order valence-electron chi connectivity index (χ3n) is 6.56. The molecular formula is C35H43FN2O6. The summed E-state index contributed by atoms with van der Waals surface area (Å²) in [5.41, 5.74) is 2.46. The molecule has 0 aromatic heterocycles. The minimum Gasteiger partial charge on any atom is -0.489 e. The Kier molecular flexibility index (Phi) is 12.8. The van der Waals surface area contributed by atoms with Crippen molar-refractivity contribution in [2.75, 3.05) is 13.2 Å². The van der Waals surface area contributed by atoms with E-state index < -0.39 is 35.8 Å². The summed E-state index contributed by atoms with van der Waals surface area (Å²) in [4.78, 5) is 27.6. The zero-order chi connectivity index (χ0) is 32.1. The Morgan fingerprint density at radius 3 is 2.39 bits per heavy atom. The summed E-state index contributed by atoms with van der Waals surface area (Å²) in [5.74, 6) is -0.249. The molecule has 2 N–H and O–H groups in total. The van der Waals surface area contributed by atoms with Gasteiger partial charge in [-0.05, 0) is 68.0 Å². The molecule has 3 rings (SSSR count). The van der Waals surface area contributed by atoms with Crippen molar-refractivity contribution >= 4 is 12.2 Å². The maximum atomic E-state index is 14.5. The van der Waals surface area contributed by atoms with Gasteiger partial charge in [0.05, 0.1) is 18.7 Å². The van der Waals surface area contributed by atoms with Crippen molar-refractivity contribution in [2.24, 2.45) is 0 Å². The second kappa shape index (κ2) is 16.5. The van der Waals surface area contributed by atoms with Crippen LogP contribution in [0.2, 0.25) is 0 Å². The van der Waals surface area contributed by atoms with Gasteiger partial charge in [0.15, 0.2) is 0 Å². The molecule has 0 aliphatic carbocycles. The van der Waals surface area contributed by atoms with E-state index in [0.29, 0.717) is 5.56 Å². The Hall–Kier alpha value is -4.37. The third kappa shape index (κ3) is 11.7. The number of alkyl carbamates (subject to hydrolysis) is 1. The third-order valence-corrected chi connectivity index (χ3v) is 6.56. The Bertz CT molecular complexity index is 1380. The van der Waals surface area contributed by atoms with Gasteiger partial charge in [-0.3, -0.25) is 0 Å². The summed E-state index contributed by atoms with van der Waals surface area (Å²) in [5, 5.41) is 14.2. The summed E-state index contributed by atoms with van der Waals surface area (Å²) < 4.78 is 31.1. The van der Waals surface area contributed by atoms with Crippen LogP contribution < -0.4 is 10.1 Å². The zero-order valence-corrected chi connectivity index (χ0v) is 25.9. The second-order valence-electron chi connectivity index (χ2n) is 11.5. The molecule has 2 atom stereocenters. The van der Waals surface area contributed by atoms with E-state index in [4.69, 9.17) is 14.2 Å². The van der Waals surface area contributed by atoms with E-state index in [0.717, 1.165) is 23.1 Å². The van der Waals surface area contributed by atoms with Crippen molar-refractivity contribution in [3.8, 4) is 5.75 Å². The molecule has 236 valence electrons. The fourth-order valence-electron chi connectivity index (χ4n) is 4.51. The van der Waals surface area contributed by atoms with Crippen molar-refractivity contribution < 1.29 is 33.3 Å². The van der Waals surface area contributed by atoms with E-state index in [9.17, 15) is 19.1 Å². The highest BCUT2D eigenvalue weighted by molar-refractivity contribution is 5.69. The van der Waals surface area contributed by atoms with Crippen LogP contribution in [0, 0.1) is 5.82 Å². The SMILES string of the molecule is C=CCOc1cc(F)cc(CC(NC(=O)OC(C)(C)C)C(O)CN(Cc2cccc(CC)c2)C(=O)OCc2ccccc2)c1. The summed E-state index contributed by atoms with van der Waals surface area (Å²) in [6, 6.07) is 20.3. The van der Waals surface area contributed by atoms with Crippen LogP contribution in [0.3, 0.4) is 0 Å². The number of aliphatic hydroxyl groups excluding tert-OH is 1. The standard InChI is InChI=1S/C35H43FN2O6/c1-6-16-42-30-19-28(18-29(36)21-30)20-31(37-33(40)44-35(3,4)5)32(39)23-38(22-27-15-11-14-25(7-2)17-27)34(41)43-24-26-12-9-8-10-13-26/h6,8-15,17-19,21,31-32,39H,1,7,16,20,22-24H2,2-5H3,(H,37,40). The number of nitrogens with zero attached hydrogens (tertiary/aromatic N) is 1. The molecule has 0 saturated carbocycles. The molecule has 0 saturated heterocycles. The number of benzene rings is 3. The summed E-state index contributed by atoms with van der Waals surface area (Å²) in [6.45, 7) is 11.0. The number of rotatable bonds is 14.